The van der Waals surface area contributed by atoms with Gasteiger partial charge in [-0.2, -0.15) is 0 Å². The van der Waals surface area contributed by atoms with Crippen molar-refractivity contribution in [2.45, 2.75) is 6.04 Å². The molecule has 1 unspecified atom stereocenters. The van der Waals surface area contributed by atoms with Crippen LogP contribution in [0, 0.1) is 0 Å². The summed E-state index contributed by atoms with van der Waals surface area (Å²) in [6.07, 6.45) is 3.35. The highest BCUT2D eigenvalue weighted by Crippen LogP contribution is 2.32. The molecule has 2 aromatic rings. The molecule has 0 saturated carbocycles. The lowest BCUT2D eigenvalue weighted by molar-refractivity contribution is 0.414. The fourth-order valence-corrected chi connectivity index (χ4v) is 2.40. The van der Waals surface area contributed by atoms with Gasteiger partial charge in [0.05, 0.1) is 23.2 Å². The maximum Gasteiger partial charge on any atom is 0.137 e. The molecule has 2 rings (SSSR count). The van der Waals surface area contributed by atoms with Gasteiger partial charge in [0, 0.05) is 12.4 Å². The lowest BCUT2D eigenvalue weighted by Gasteiger charge is -2.19. The van der Waals surface area contributed by atoms with Gasteiger partial charge in [-0.1, -0.05) is 29.3 Å². The van der Waals surface area contributed by atoms with Crippen LogP contribution in [0.25, 0.3) is 0 Å². The van der Waals surface area contributed by atoms with E-state index in [9.17, 15) is 0 Å². The van der Waals surface area contributed by atoms with Crippen LogP contribution in [-0.2, 0) is 0 Å². The number of hydrogen-bond acceptors (Lipinski definition) is 3. The first-order valence-corrected chi connectivity index (χ1v) is 6.53. The number of halogens is 2. The minimum Gasteiger partial charge on any atom is -0.495 e. The summed E-state index contributed by atoms with van der Waals surface area (Å²) in [5.74, 6) is 0.643. The van der Waals surface area contributed by atoms with Crippen LogP contribution in [0.3, 0.4) is 0 Å². The van der Waals surface area contributed by atoms with Gasteiger partial charge in [-0.25, -0.2) is 0 Å². The van der Waals surface area contributed by atoms with E-state index < -0.39 is 0 Å². The average Bonchev–Trinajstić information content (AvgIpc) is 2.43. The van der Waals surface area contributed by atoms with Crippen molar-refractivity contribution >= 4 is 23.2 Å². The second-order valence-corrected chi connectivity index (χ2v) is 4.83. The molecule has 1 atom stereocenters. The zero-order chi connectivity index (χ0) is 13.8. The smallest absolute Gasteiger partial charge is 0.137 e. The van der Waals surface area contributed by atoms with Crippen molar-refractivity contribution < 1.29 is 4.74 Å². The number of nitrogens with zero attached hydrogens (tertiary/aromatic N) is 1. The highest BCUT2D eigenvalue weighted by Gasteiger charge is 2.16. The highest BCUT2D eigenvalue weighted by atomic mass is 35.5. The standard InChI is InChI=1S/C14H14Cl2N2O/c1-17-14(10-5-6-18-8-12(10)16)9-3-4-11(15)13(7-9)19-2/h3-8,14,17H,1-2H3. The maximum absolute atomic E-state index is 6.19. The fourth-order valence-electron chi connectivity index (χ4n) is 1.98. The minimum absolute atomic E-state index is 0.0401. The van der Waals surface area contributed by atoms with Gasteiger partial charge in [-0.15, -0.1) is 0 Å². The monoisotopic (exact) mass is 296 g/mol. The van der Waals surface area contributed by atoms with Crippen molar-refractivity contribution in [3.05, 3.63) is 57.8 Å². The zero-order valence-corrected chi connectivity index (χ0v) is 12.2. The number of aromatic nitrogens is 1. The summed E-state index contributed by atoms with van der Waals surface area (Å²) in [6.45, 7) is 0. The Kier molecular flexibility index (Phi) is 4.64. The number of ether oxygens (including phenoxy) is 1. The number of hydrogen-bond donors (Lipinski definition) is 1. The maximum atomic E-state index is 6.19. The summed E-state index contributed by atoms with van der Waals surface area (Å²) in [5.41, 5.74) is 1.99. The van der Waals surface area contributed by atoms with Crippen LogP contribution >= 0.6 is 23.2 Å². The molecule has 0 spiro atoms. The molecule has 100 valence electrons. The first kappa shape index (κ1) is 14.1. The van der Waals surface area contributed by atoms with Crippen LogP contribution < -0.4 is 10.1 Å². The van der Waals surface area contributed by atoms with E-state index in [1.54, 1.807) is 19.5 Å². The quantitative estimate of drug-likeness (QED) is 0.934. The molecule has 0 saturated heterocycles. The van der Waals surface area contributed by atoms with Crippen molar-refractivity contribution in [3.63, 3.8) is 0 Å². The summed E-state index contributed by atoms with van der Waals surface area (Å²) >= 11 is 12.2. The predicted molar refractivity (Wildman–Crippen MR) is 78.2 cm³/mol. The molecule has 5 heteroatoms. The molecule has 1 heterocycles. The molecule has 3 nitrogen and oxygen atoms in total. The summed E-state index contributed by atoms with van der Waals surface area (Å²) in [6, 6.07) is 7.52. The Hall–Kier alpha value is -1.29. The Balaban J connectivity index is 2.45. The third-order valence-electron chi connectivity index (χ3n) is 2.91. The van der Waals surface area contributed by atoms with E-state index in [2.05, 4.69) is 10.3 Å². The van der Waals surface area contributed by atoms with Crippen molar-refractivity contribution in [2.24, 2.45) is 0 Å². The van der Waals surface area contributed by atoms with Gasteiger partial charge in [-0.05, 0) is 36.4 Å². The molecular formula is C14H14Cl2N2O. The molecule has 0 aliphatic carbocycles. The summed E-state index contributed by atoms with van der Waals surface area (Å²) in [5, 5.41) is 4.44. The molecular weight excluding hydrogens is 283 g/mol. The summed E-state index contributed by atoms with van der Waals surface area (Å²) in [4.78, 5) is 4.00. The van der Waals surface area contributed by atoms with Crippen molar-refractivity contribution in [3.8, 4) is 5.75 Å². The van der Waals surface area contributed by atoms with E-state index in [0.29, 0.717) is 15.8 Å². The number of benzene rings is 1. The first-order chi connectivity index (χ1) is 9.17. The fraction of sp³-hybridized carbons (Fsp3) is 0.214. The van der Waals surface area contributed by atoms with Crippen LogP contribution in [0.5, 0.6) is 5.75 Å². The number of pyridine rings is 1. The number of methoxy groups -OCH3 is 1. The molecule has 0 bridgehead atoms. The van der Waals surface area contributed by atoms with Crippen molar-refractivity contribution in [2.75, 3.05) is 14.2 Å². The largest absolute Gasteiger partial charge is 0.495 e. The Labute approximate surface area is 122 Å². The minimum atomic E-state index is -0.0401. The first-order valence-electron chi connectivity index (χ1n) is 5.77. The van der Waals surface area contributed by atoms with Gasteiger partial charge >= 0.3 is 0 Å². The number of nitrogens with one attached hydrogen (secondary N) is 1. The molecule has 0 aliphatic rings. The Bertz CT molecular complexity index is 575. The molecule has 1 aromatic carbocycles. The molecule has 19 heavy (non-hydrogen) atoms. The lowest BCUT2D eigenvalue weighted by atomic mass is 9.99. The van der Waals surface area contributed by atoms with Gasteiger partial charge in [0.2, 0.25) is 0 Å². The second kappa shape index (κ2) is 6.24. The molecule has 1 aromatic heterocycles. The lowest BCUT2D eigenvalue weighted by Crippen LogP contribution is -2.18. The topological polar surface area (TPSA) is 34.1 Å². The van der Waals surface area contributed by atoms with Crippen molar-refractivity contribution in [1.29, 1.82) is 0 Å². The third-order valence-corrected chi connectivity index (χ3v) is 3.54. The van der Waals surface area contributed by atoms with Crippen molar-refractivity contribution in [1.82, 2.24) is 10.3 Å². The van der Waals surface area contributed by atoms with Crippen LogP contribution in [0.2, 0.25) is 10.0 Å². The molecule has 0 aliphatic heterocycles. The zero-order valence-electron chi connectivity index (χ0n) is 10.7. The van der Waals surface area contributed by atoms with E-state index >= 15 is 0 Å². The molecule has 0 fully saturated rings. The normalized spacial score (nSPS) is 12.2. The Morgan fingerprint density at radius 2 is 2.00 bits per heavy atom. The molecule has 1 N–H and O–H groups in total. The molecule has 0 amide bonds. The van der Waals surface area contributed by atoms with Gasteiger partial charge in [0.15, 0.2) is 0 Å². The van der Waals surface area contributed by atoms with Gasteiger partial charge in [0.1, 0.15) is 5.75 Å². The molecule has 0 radical (unpaired) electrons. The highest BCUT2D eigenvalue weighted by molar-refractivity contribution is 6.32. The SMILES string of the molecule is CNC(c1ccc(Cl)c(OC)c1)c1ccncc1Cl. The van der Waals surface area contributed by atoms with Crippen LogP contribution in [-0.4, -0.2) is 19.1 Å². The van der Waals surface area contributed by atoms with E-state index in [-0.39, 0.29) is 6.04 Å². The third kappa shape index (κ3) is 3.00. The number of rotatable bonds is 4. The Morgan fingerprint density at radius 3 is 2.63 bits per heavy atom. The van der Waals surface area contributed by atoms with Gasteiger partial charge in [-0.3, -0.25) is 4.98 Å². The summed E-state index contributed by atoms with van der Waals surface area (Å²) < 4.78 is 5.24. The van der Waals surface area contributed by atoms with Crippen LogP contribution in [0.15, 0.2) is 36.7 Å². The predicted octanol–water partition coefficient (Wildman–Crippen LogP) is 3.71. The van der Waals surface area contributed by atoms with Gasteiger partial charge < -0.3 is 10.1 Å². The average molecular weight is 297 g/mol. The van der Waals surface area contributed by atoms with Crippen LogP contribution in [0.4, 0.5) is 0 Å². The second-order valence-electron chi connectivity index (χ2n) is 4.01. The van der Waals surface area contributed by atoms with E-state index in [4.69, 9.17) is 27.9 Å². The summed E-state index contributed by atoms with van der Waals surface area (Å²) in [7, 11) is 3.47. The van der Waals surface area contributed by atoms with Gasteiger partial charge in [0.25, 0.3) is 0 Å². The van der Waals surface area contributed by atoms with E-state index in [1.165, 1.54) is 0 Å². The Morgan fingerprint density at radius 1 is 1.21 bits per heavy atom. The van der Waals surface area contributed by atoms with Crippen LogP contribution in [0.1, 0.15) is 17.2 Å². The van der Waals surface area contributed by atoms with E-state index in [0.717, 1.165) is 11.1 Å². The van der Waals surface area contributed by atoms with E-state index in [1.807, 2.05) is 31.3 Å².